The molecule has 0 amide bonds. The minimum atomic E-state index is -1.38. The molecule has 9 rings (SSSR count). The third-order valence-corrected chi connectivity index (χ3v) is 12.2. The van der Waals surface area contributed by atoms with Crippen LogP contribution >= 0.6 is 0 Å². The zero-order valence-electron chi connectivity index (χ0n) is 33.6. The Hall–Kier alpha value is -5.39. The van der Waals surface area contributed by atoms with Gasteiger partial charge >= 0.3 is 0 Å². The summed E-state index contributed by atoms with van der Waals surface area (Å²) in [6.07, 6.45) is 3.21. The van der Waals surface area contributed by atoms with Crippen LogP contribution in [0.4, 0.5) is 0 Å². The van der Waals surface area contributed by atoms with Crippen LogP contribution in [0.25, 0.3) is 72.4 Å². The van der Waals surface area contributed by atoms with Crippen molar-refractivity contribution >= 4 is 46.2 Å². The summed E-state index contributed by atoms with van der Waals surface area (Å²) in [5, 5.41) is 3.65. The van der Waals surface area contributed by atoms with Gasteiger partial charge in [-0.1, -0.05) is 143 Å². The first-order valence-corrected chi connectivity index (χ1v) is 22.9. The molecule has 6 heteroatoms. The van der Waals surface area contributed by atoms with E-state index in [0.717, 1.165) is 73.3 Å². The van der Waals surface area contributed by atoms with Crippen LogP contribution in [-0.2, 0) is 26.5 Å². The molecule has 3 heterocycles. The molecule has 0 saturated heterocycles. The maximum absolute atomic E-state index is 6.33. The van der Waals surface area contributed by atoms with Crippen LogP contribution in [0, 0.1) is 24.5 Å². The molecule has 3 aromatic heterocycles. The zero-order chi connectivity index (χ0) is 39.0. The van der Waals surface area contributed by atoms with E-state index in [-0.39, 0.29) is 25.5 Å². The number of fused-ring (bicyclic) bond motifs is 4. The van der Waals surface area contributed by atoms with Gasteiger partial charge in [-0.15, -0.1) is 53.6 Å². The van der Waals surface area contributed by atoms with E-state index in [1.165, 1.54) is 21.9 Å². The van der Waals surface area contributed by atoms with Gasteiger partial charge in [0.25, 0.3) is 0 Å². The van der Waals surface area contributed by atoms with Crippen molar-refractivity contribution in [3.63, 3.8) is 0 Å². The average Bonchev–Trinajstić information content (AvgIpc) is 3.77. The van der Waals surface area contributed by atoms with Gasteiger partial charge in [0.1, 0.15) is 5.58 Å². The van der Waals surface area contributed by atoms with Crippen molar-refractivity contribution in [3.8, 4) is 39.5 Å². The van der Waals surface area contributed by atoms with Crippen molar-refractivity contribution in [3.05, 3.63) is 169 Å². The Morgan fingerprint density at radius 1 is 0.737 bits per heavy atom. The molecule has 0 spiro atoms. The number of aromatic nitrogens is 3. The normalized spacial score (nSPS) is 11.7. The van der Waals surface area contributed by atoms with E-state index in [0.29, 0.717) is 0 Å². The van der Waals surface area contributed by atoms with Crippen molar-refractivity contribution in [1.29, 1.82) is 0 Å². The fraction of sp³-hybridized carbons (Fsp3) is 0.176. The quantitative estimate of drug-likeness (QED) is 0.123. The Kier molecular flexibility index (Phi) is 11.3. The van der Waals surface area contributed by atoms with Crippen molar-refractivity contribution < 1.29 is 24.5 Å². The molecule has 0 unspecified atom stereocenters. The Bertz CT molecular complexity index is 2810. The summed E-state index contributed by atoms with van der Waals surface area (Å²) >= 11 is 0. The molecule has 287 valence electrons. The van der Waals surface area contributed by atoms with E-state index >= 15 is 0 Å². The number of hydrogen-bond acceptors (Lipinski definition) is 3. The number of pyridine rings is 1. The van der Waals surface area contributed by atoms with Gasteiger partial charge in [0.15, 0.2) is 0 Å². The summed E-state index contributed by atoms with van der Waals surface area (Å²) in [4.78, 5) is 9.79. The SMILES string of the molecule is Cc1c[c-]c(-c2cc(CC(C)(C)C)c([Si](C)(C)C)cn2)cc1.[Ir].[c-]1ccc2c(oc3ccccc32)c1-c1nc2ccccc2n1-c1cccc(-c2ccccc2)c1. The van der Waals surface area contributed by atoms with E-state index in [9.17, 15) is 0 Å². The molecule has 4 nitrogen and oxygen atoms in total. The molecule has 6 aromatic carbocycles. The van der Waals surface area contributed by atoms with E-state index in [1.54, 1.807) is 0 Å². The van der Waals surface area contributed by atoms with Gasteiger partial charge in [-0.3, -0.25) is 4.98 Å². The monoisotopic (exact) mass is 938 g/mol. The maximum Gasteiger partial charge on any atom is 0.120 e. The van der Waals surface area contributed by atoms with Gasteiger partial charge in [0.2, 0.25) is 0 Å². The third kappa shape index (κ3) is 8.50. The second-order valence-electron chi connectivity index (χ2n) is 16.9. The Labute approximate surface area is 351 Å². The molecular weight excluding hydrogens is 891 g/mol. The molecule has 0 aliphatic carbocycles. The number of para-hydroxylation sites is 3. The van der Waals surface area contributed by atoms with Gasteiger partial charge in [0.05, 0.1) is 30.5 Å². The summed E-state index contributed by atoms with van der Waals surface area (Å²) in [6.45, 7) is 16.2. The van der Waals surface area contributed by atoms with Crippen molar-refractivity contribution in [2.45, 2.75) is 53.8 Å². The van der Waals surface area contributed by atoms with Crippen LogP contribution < -0.4 is 5.19 Å². The van der Waals surface area contributed by atoms with Crippen LogP contribution in [0.3, 0.4) is 0 Å². The maximum atomic E-state index is 6.33. The first-order valence-electron chi connectivity index (χ1n) is 19.4. The van der Waals surface area contributed by atoms with Crippen molar-refractivity contribution in [1.82, 2.24) is 14.5 Å². The standard InChI is InChI=1S/C31H19N2O.C20H28NSi.Ir/c1-2-10-21(11-3-1)22-12-8-13-23(20-22)33-28-18-6-5-17-27(28)32-31(33)26-16-9-15-25-24-14-4-7-19-29(24)34-30(25)26;1-15-8-10-16(11-9-15)18-12-17(13-20(2,3)4)19(14-21-18)22(5,6)7;/h1-15,17-20H;8-10,12,14H,13H2,1-7H3;/q2*-1;. The molecule has 9 aromatic rings. The van der Waals surface area contributed by atoms with E-state index in [1.807, 2.05) is 42.5 Å². The van der Waals surface area contributed by atoms with Crippen LogP contribution in [-0.4, -0.2) is 22.6 Å². The summed E-state index contributed by atoms with van der Waals surface area (Å²) < 4.78 is 8.54. The number of rotatable bonds is 6. The van der Waals surface area contributed by atoms with Gasteiger partial charge in [0, 0.05) is 37.4 Å². The van der Waals surface area contributed by atoms with E-state index < -0.39 is 8.07 Å². The zero-order valence-corrected chi connectivity index (χ0v) is 37.0. The van der Waals surface area contributed by atoms with Gasteiger partial charge in [-0.25, -0.2) is 0 Å². The molecule has 0 saturated carbocycles. The second kappa shape index (κ2) is 16.2. The summed E-state index contributed by atoms with van der Waals surface area (Å²) in [5.74, 6) is 0.816. The Morgan fingerprint density at radius 2 is 1.47 bits per heavy atom. The minimum Gasteiger partial charge on any atom is -0.501 e. The van der Waals surface area contributed by atoms with Gasteiger partial charge < -0.3 is 14.0 Å². The molecule has 0 aliphatic heterocycles. The predicted octanol–water partition coefficient (Wildman–Crippen LogP) is 13.0. The fourth-order valence-electron chi connectivity index (χ4n) is 7.47. The molecule has 0 N–H and O–H groups in total. The van der Waals surface area contributed by atoms with Crippen molar-refractivity contribution in [2.75, 3.05) is 0 Å². The number of benzene rings is 6. The molecule has 0 aliphatic rings. The first-order chi connectivity index (χ1) is 26.9. The number of hydrogen-bond donors (Lipinski definition) is 0. The number of aryl methyl sites for hydroxylation is 1. The average molecular weight is 938 g/mol. The molecule has 0 fully saturated rings. The molecular formula is C51H47IrN3OSi-2. The number of nitrogens with zero attached hydrogens (tertiary/aromatic N) is 3. The molecule has 0 bridgehead atoms. The molecule has 1 radical (unpaired) electrons. The Morgan fingerprint density at radius 3 is 2.23 bits per heavy atom. The first kappa shape index (κ1) is 39.8. The van der Waals surface area contributed by atoms with Crippen molar-refractivity contribution in [2.24, 2.45) is 5.41 Å². The Balaban J connectivity index is 0.000000189. The van der Waals surface area contributed by atoms with Crippen LogP contribution in [0.2, 0.25) is 19.6 Å². The van der Waals surface area contributed by atoms with Crippen LogP contribution in [0.1, 0.15) is 31.9 Å². The third-order valence-electron chi connectivity index (χ3n) is 10.1. The largest absolute Gasteiger partial charge is 0.501 e. The smallest absolute Gasteiger partial charge is 0.120 e. The van der Waals surface area contributed by atoms with Gasteiger partial charge in [-0.05, 0) is 64.2 Å². The second-order valence-corrected chi connectivity index (χ2v) is 21.9. The topological polar surface area (TPSA) is 43.9 Å². The summed E-state index contributed by atoms with van der Waals surface area (Å²) in [6, 6.07) is 54.8. The number of imidazole rings is 1. The molecule has 57 heavy (non-hydrogen) atoms. The molecule has 0 atom stereocenters. The summed E-state index contributed by atoms with van der Waals surface area (Å²) in [5.41, 5.74) is 13.0. The number of furan rings is 1. The van der Waals surface area contributed by atoms with Gasteiger partial charge in [-0.2, -0.15) is 0 Å². The van der Waals surface area contributed by atoms with E-state index in [4.69, 9.17) is 14.4 Å². The fourth-order valence-corrected chi connectivity index (χ4v) is 9.04. The van der Waals surface area contributed by atoms with Crippen LogP contribution in [0.15, 0.2) is 150 Å². The van der Waals surface area contributed by atoms with Crippen LogP contribution in [0.5, 0.6) is 0 Å². The van der Waals surface area contributed by atoms with E-state index in [2.05, 4.69) is 167 Å². The minimum absolute atomic E-state index is 0. The summed E-state index contributed by atoms with van der Waals surface area (Å²) in [7, 11) is -1.38. The predicted molar refractivity (Wildman–Crippen MR) is 237 cm³/mol.